The zero-order valence-electron chi connectivity index (χ0n) is 14.5. The average molecular weight is 373 g/mol. The lowest BCUT2D eigenvalue weighted by atomic mass is 10.2. The van der Waals surface area contributed by atoms with Crippen LogP contribution in [-0.4, -0.2) is 44.8 Å². The molecule has 1 aromatic heterocycles. The molecule has 0 saturated carbocycles. The molecular weight excluding hydrogens is 350 g/mol. The van der Waals surface area contributed by atoms with Crippen molar-refractivity contribution >= 4 is 27.6 Å². The Morgan fingerprint density at radius 1 is 1.12 bits per heavy atom. The molecule has 1 aliphatic rings. The van der Waals surface area contributed by atoms with Gasteiger partial charge in [-0.1, -0.05) is 30.3 Å². The summed E-state index contributed by atoms with van der Waals surface area (Å²) < 4.78 is 26.5. The first-order chi connectivity index (χ1) is 12.6. The molecule has 0 atom stereocenters. The third-order valence-electron chi connectivity index (χ3n) is 4.08. The van der Waals surface area contributed by atoms with Gasteiger partial charge in [-0.25, -0.2) is 13.1 Å². The first-order valence-electron chi connectivity index (χ1n) is 8.67. The SMILES string of the molecule is O=S(=O)(/C=C/c1ccccc1)NCCNc1cc(N2CCCC2)cnn1. The molecule has 1 aliphatic heterocycles. The van der Waals surface area contributed by atoms with Crippen LogP contribution in [0, 0.1) is 0 Å². The zero-order valence-corrected chi connectivity index (χ0v) is 15.3. The van der Waals surface area contributed by atoms with Crippen LogP contribution in [0.3, 0.4) is 0 Å². The van der Waals surface area contributed by atoms with Crippen molar-refractivity contribution in [3.63, 3.8) is 0 Å². The van der Waals surface area contributed by atoms with Crippen molar-refractivity contribution in [2.24, 2.45) is 0 Å². The molecule has 26 heavy (non-hydrogen) atoms. The van der Waals surface area contributed by atoms with Gasteiger partial charge in [0.05, 0.1) is 11.9 Å². The summed E-state index contributed by atoms with van der Waals surface area (Å²) in [4.78, 5) is 2.27. The van der Waals surface area contributed by atoms with Gasteiger partial charge in [-0.15, -0.1) is 5.10 Å². The molecule has 1 fully saturated rings. The highest BCUT2D eigenvalue weighted by atomic mass is 32.2. The van der Waals surface area contributed by atoms with E-state index >= 15 is 0 Å². The van der Waals surface area contributed by atoms with Gasteiger partial charge in [0.15, 0.2) is 5.82 Å². The van der Waals surface area contributed by atoms with Crippen LogP contribution in [0.1, 0.15) is 18.4 Å². The van der Waals surface area contributed by atoms with Crippen LogP contribution >= 0.6 is 0 Å². The van der Waals surface area contributed by atoms with E-state index in [1.165, 1.54) is 18.2 Å². The first-order valence-corrected chi connectivity index (χ1v) is 10.2. The van der Waals surface area contributed by atoms with Crippen LogP contribution in [0.2, 0.25) is 0 Å². The molecule has 8 heteroatoms. The van der Waals surface area contributed by atoms with Gasteiger partial charge in [-0.05, 0) is 24.5 Å². The van der Waals surface area contributed by atoms with Crippen molar-refractivity contribution in [2.45, 2.75) is 12.8 Å². The number of rotatable bonds is 8. The summed E-state index contributed by atoms with van der Waals surface area (Å²) in [5.74, 6) is 0.647. The molecule has 0 spiro atoms. The second kappa shape index (κ2) is 8.77. The molecule has 2 heterocycles. The fraction of sp³-hybridized carbons (Fsp3) is 0.333. The summed E-state index contributed by atoms with van der Waals surface area (Å²) in [6.45, 7) is 2.77. The van der Waals surface area contributed by atoms with E-state index in [0.29, 0.717) is 12.4 Å². The van der Waals surface area contributed by atoms with Crippen molar-refractivity contribution in [1.82, 2.24) is 14.9 Å². The maximum absolute atomic E-state index is 12.0. The zero-order chi connectivity index (χ0) is 18.2. The van der Waals surface area contributed by atoms with Crippen LogP contribution in [0.25, 0.3) is 6.08 Å². The summed E-state index contributed by atoms with van der Waals surface area (Å²) in [5.41, 5.74) is 1.89. The van der Waals surface area contributed by atoms with Gasteiger partial charge >= 0.3 is 0 Å². The van der Waals surface area contributed by atoms with E-state index in [9.17, 15) is 8.42 Å². The Labute approximate surface area is 154 Å². The summed E-state index contributed by atoms with van der Waals surface area (Å²) in [6.07, 6.45) is 5.72. The standard InChI is InChI=1S/C18H23N5O2S/c24-26(25,13-8-16-6-2-1-3-7-16)21-10-9-19-18-14-17(15-20-22-18)23-11-4-5-12-23/h1-3,6-8,13-15,21H,4-5,9-12H2,(H,19,22)/b13-8+. The normalized spacial score (nSPS) is 14.8. The predicted octanol–water partition coefficient (Wildman–Crippen LogP) is 2.08. The van der Waals surface area contributed by atoms with Gasteiger partial charge < -0.3 is 10.2 Å². The van der Waals surface area contributed by atoms with E-state index in [1.54, 1.807) is 12.3 Å². The second-order valence-corrected chi connectivity index (χ2v) is 7.72. The van der Waals surface area contributed by atoms with Gasteiger partial charge in [0.1, 0.15) is 0 Å². The molecule has 0 amide bonds. The number of benzene rings is 1. The van der Waals surface area contributed by atoms with Gasteiger partial charge in [-0.2, -0.15) is 5.10 Å². The van der Waals surface area contributed by atoms with E-state index in [-0.39, 0.29) is 6.54 Å². The third-order valence-corrected chi connectivity index (χ3v) is 5.19. The number of nitrogens with one attached hydrogen (secondary N) is 2. The van der Waals surface area contributed by atoms with Crippen LogP contribution in [-0.2, 0) is 10.0 Å². The van der Waals surface area contributed by atoms with E-state index in [1.807, 2.05) is 36.4 Å². The second-order valence-electron chi connectivity index (χ2n) is 6.07. The van der Waals surface area contributed by atoms with Gasteiger partial charge in [-0.3, -0.25) is 0 Å². The molecule has 0 bridgehead atoms. The molecular formula is C18H23N5O2S. The third kappa shape index (κ3) is 5.53. The highest BCUT2D eigenvalue weighted by Crippen LogP contribution is 2.20. The molecule has 0 radical (unpaired) electrons. The Bertz CT molecular complexity index is 834. The minimum atomic E-state index is -3.47. The van der Waals surface area contributed by atoms with Crippen molar-refractivity contribution in [3.8, 4) is 0 Å². The van der Waals surface area contributed by atoms with Crippen molar-refractivity contribution in [2.75, 3.05) is 36.4 Å². The van der Waals surface area contributed by atoms with Crippen molar-refractivity contribution in [1.29, 1.82) is 0 Å². The monoisotopic (exact) mass is 373 g/mol. The Morgan fingerprint density at radius 3 is 2.65 bits per heavy atom. The average Bonchev–Trinajstić information content (AvgIpc) is 3.20. The van der Waals surface area contributed by atoms with Crippen molar-refractivity contribution < 1.29 is 8.42 Å². The topological polar surface area (TPSA) is 87.2 Å². The molecule has 0 unspecified atom stereocenters. The highest BCUT2D eigenvalue weighted by molar-refractivity contribution is 7.92. The summed E-state index contributed by atoms with van der Waals surface area (Å²) in [7, 11) is -3.47. The van der Waals surface area contributed by atoms with Crippen LogP contribution in [0.4, 0.5) is 11.5 Å². The number of nitrogens with zero attached hydrogens (tertiary/aromatic N) is 3. The molecule has 1 aromatic carbocycles. The fourth-order valence-corrected chi connectivity index (χ4v) is 3.57. The van der Waals surface area contributed by atoms with Crippen LogP contribution in [0.15, 0.2) is 48.0 Å². The number of sulfonamides is 1. The smallest absolute Gasteiger partial charge is 0.233 e. The Balaban J connectivity index is 1.46. The first kappa shape index (κ1) is 18.3. The molecule has 0 aliphatic carbocycles. The predicted molar refractivity (Wildman–Crippen MR) is 104 cm³/mol. The summed E-state index contributed by atoms with van der Waals surface area (Å²) in [6, 6.07) is 11.3. The quantitative estimate of drug-likeness (QED) is 0.689. The fourth-order valence-electron chi connectivity index (χ4n) is 2.76. The van der Waals surface area contributed by atoms with Gasteiger partial charge in [0, 0.05) is 37.7 Å². The summed E-state index contributed by atoms with van der Waals surface area (Å²) >= 11 is 0. The van der Waals surface area contributed by atoms with Crippen molar-refractivity contribution in [3.05, 3.63) is 53.6 Å². The van der Waals surface area contributed by atoms with E-state index in [4.69, 9.17) is 0 Å². The Hall–Kier alpha value is -2.45. The highest BCUT2D eigenvalue weighted by Gasteiger charge is 2.13. The number of anilines is 2. The summed E-state index contributed by atoms with van der Waals surface area (Å²) in [5, 5.41) is 12.3. The molecule has 3 rings (SSSR count). The minimum Gasteiger partial charge on any atom is -0.370 e. The minimum absolute atomic E-state index is 0.261. The number of hydrogen-bond donors (Lipinski definition) is 2. The molecule has 138 valence electrons. The van der Waals surface area contributed by atoms with E-state index < -0.39 is 10.0 Å². The van der Waals surface area contributed by atoms with Gasteiger partial charge in [0.2, 0.25) is 10.0 Å². The molecule has 2 N–H and O–H groups in total. The maximum Gasteiger partial charge on any atom is 0.233 e. The Morgan fingerprint density at radius 2 is 1.88 bits per heavy atom. The van der Waals surface area contributed by atoms with Crippen LogP contribution in [0.5, 0.6) is 0 Å². The van der Waals surface area contributed by atoms with Crippen LogP contribution < -0.4 is 14.9 Å². The van der Waals surface area contributed by atoms with E-state index in [0.717, 1.165) is 24.3 Å². The van der Waals surface area contributed by atoms with Gasteiger partial charge in [0.25, 0.3) is 0 Å². The number of aromatic nitrogens is 2. The van der Waals surface area contributed by atoms with E-state index in [2.05, 4.69) is 25.1 Å². The lowest BCUT2D eigenvalue weighted by Crippen LogP contribution is -2.27. The lowest BCUT2D eigenvalue weighted by Gasteiger charge is -2.17. The number of hydrogen-bond acceptors (Lipinski definition) is 6. The molecule has 2 aromatic rings. The largest absolute Gasteiger partial charge is 0.370 e. The maximum atomic E-state index is 12.0. The Kier molecular flexibility index (Phi) is 6.19. The molecule has 7 nitrogen and oxygen atoms in total. The lowest BCUT2D eigenvalue weighted by molar-refractivity contribution is 0.592. The molecule has 1 saturated heterocycles.